The van der Waals surface area contributed by atoms with Crippen LogP contribution in [0.5, 0.6) is 0 Å². The number of carbonyl (C=O) groups excluding carboxylic acids is 2. The van der Waals surface area contributed by atoms with Crippen LogP contribution in [0.3, 0.4) is 0 Å². The number of amides is 4. The highest BCUT2D eigenvalue weighted by molar-refractivity contribution is 6.24. The molecule has 1 N–H and O–H groups in total. The van der Waals surface area contributed by atoms with Crippen molar-refractivity contribution >= 4 is 29.3 Å². The predicted molar refractivity (Wildman–Crippen MR) is 94.5 cm³/mol. The molecule has 3 rings (SSSR count). The average Bonchev–Trinajstić information content (AvgIpc) is 2.59. The number of nitrogens with one attached hydrogen (secondary N) is 1. The Morgan fingerprint density at radius 2 is 2.08 bits per heavy atom. The van der Waals surface area contributed by atoms with Gasteiger partial charge in [-0.1, -0.05) is 43.4 Å². The first-order chi connectivity index (χ1) is 11.7. The van der Waals surface area contributed by atoms with Gasteiger partial charge in [0.25, 0.3) is 0 Å². The van der Waals surface area contributed by atoms with E-state index < -0.39 is 6.03 Å². The Kier molecular flexibility index (Phi) is 4.65. The number of allylic oxidation sites excluding steroid dienone is 3. The minimum atomic E-state index is -0.505. The fraction of sp³-hybridized carbons (Fsp3) is 0.222. The van der Waals surface area contributed by atoms with Crippen LogP contribution < -0.4 is 5.32 Å². The maximum Gasteiger partial charge on any atom is 0.349 e. The Bertz CT molecular complexity index is 762. The Morgan fingerprint density at radius 1 is 1.29 bits per heavy atom. The lowest BCUT2D eigenvalue weighted by Gasteiger charge is -2.31. The summed E-state index contributed by atoms with van der Waals surface area (Å²) in [5, 5.41) is 2.72. The summed E-state index contributed by atoms with van der Waals surface area (Å²) in [4.78, 5) is 34.3. The highest BCUT2D eigenvalue weighted by atomic mass is 16.2. The molecule has 0 fully saturated rings. The number of anilines is 1. The van der Waals surface area contributed by atoms with Crippen molar-refractivity contribution in [2.75, 3.05) is 11.9 Å². The maximum atomic E-state index is 12.3. The van der Waals surface area contributed by atoms with Gasteiger partial charge in [-0.3, -0.25) is 4.90 Å². The van der Waals surface area contributed by atoms with Crippen molar-refractivity contribution in [3.63, 3.8) is 0 Å². The van der Waals surface area contributed by atoms with Crippen molar-refractivity contribution in [3.8, 4) is 0 Å². The third kappa shape index (κ3) is 3.32. The van der Waals surface area contributed by atoms with Crippen molar-refractivity contribution in [1.29, 1.82) is 0 Å². The van der Waals surface area contributed by atoms with Gasteiger partial charge in [0.15, 0.2) is 0 Å². The molecule has 122 valence electrons. The number of benzene rings is 1. The molecule has 1 aromatic carbocycles. The first-order valence-electron chi connectivity index (χ1n) is 7.88. The number of para-hydroxylation sites is 1. The van der Waals surface area contributed by atoms with Gasteiger partial charge in [-0.2, -0.15) is 9.98 Å². The summed E-state index contributed by atoms with van der Waals surface area (Å²) in [6, 6.07) is 8.20. The van der Waals surface area contributed by atoms with Gasteiger partial charge in [0.2, 0.25) is 0 Å². The molecule has 0 saturated carbocycles. The lowest BCUT2D eigenvalue weighted by molar-refractivity contribution is 0.228. The highest BCUT2D eigenvalue weighted by Crippen LogP contribution is 2.21. The Hall–Kier alpha value is -3.02. The SMILES string of the molecule is CCCN1C(=O)N=C2C=CC=CC2/C1=N/C(=O)Nc1ccccc1. The standard InChI is InChI=1S/C18H18N4O2/c1-2-12-22-16(14-10-6-7-11-15(14)20-18(22)24)21-17(23)19-13-8-4-3-5-9-13/h3-11,14H,2,12H2,1H3,(H,19,23)/b21-16-. The molecule has 0 radical (unpaired) electrons. The topological polar surface area (TPSA) is 74.1 Å². The van der Waals surface area contributed by atoms with E-state index in [1.807, 2.05) is 43.4 Å². The second-order valence-electron chi connectivity index (χ2n) is 5.46. The summed E-state index contributed by atoms with van der Waals surface area (Å²) in [5.74, 6) is 0.140. The first-order valence-corrected chi connectivity index (χ1v) is 7.88. The predicted octanol–water partition coefficient (Wildman–Crippen LogP) is 3.65. The van der Waals surface area contributed by atoms with Gasteiger partial charge < -0.3 is 5.32 Å². The number of rotatable bonds is 3. The summed E-state index contributed by atoms with van der Waals surface area (Å²) >= 11 is 0. The molecule has 0 bridgehead atoms. The summed E-state index contributed by atoms with van der Waals surface area (Å²) in [7, 11) is 0. The zero-order chi connectivity index (χ0) is 16.9. The molecule has 0 aromatic heterocycles. The molecule has 1 unspecified atom stereocenters. The van der Waals surface area contributed by atoms with Crippen LogP contribution in [-0.4, -0.2) is 35.1 Å². The van der Waals surface area contributed by atoms with E-state index in [0.717, 1.165) is 6.42 Å². The van der Waals surface area contributed by atoms with E-state index >= 15 is 0 Å². The van der Waals surface area contributed by atoms with E-state index in [0.29, 0.717) is 23.8 Å². The normalized spacial score (nSPS) is 20.8. The van der Waals surface area contributed by atoms with E-state index in [4.69, 9.17) is 0 Å². The lowest BCUT2D eigenvalue weighted by Crippen LogP contribution is -2.47. The van der Waals surface area contributed by atoms with Gasteiger partial charge in [0.1, 0.15) is 5.84 Å². The molecule has 2 aliphatic rings. The Labute approximate surface area is 140 Å². The van der Waals surface area contributed by atoms with Crippen molar-refractivity contribution in [2.45, 2.75) is 13.3 Å². The van der Waals surface area contributed by atoms with Gasteiger partial charge in [0.05, 0.1) is 11.6 Å². The van der Waals surface area contributed by atoms with Crippen LogP contribution in [0.2, 0.25) is 0 Å². The second kappa shape index (κ2) is 7.04. The second-order valence-corrected chi connectivity index (χ2v) is 5.46. The van der Waals surface area contributed by atoms with E-state index in [1.165, 1.54) is 4.90 Å². The molecular weight excluding hydrogens is 304 g/mol. The van der Waals surface area contributed by atoms with Gasteiger partial charge in [-0.25, -0.2) is 9.59 Å². The van der Waals surface area contributed by atoms with Gasteiger partial charge in [0, 0.05) is 12.2 Å². The molecular formula is C18H18N4O2. The van der Waals surface area contributed by atoms with E-state index in [1.54, 1.807) is 18.2 Å². The van der Waals surface area contributed by atoms with Gasteiger partial charge in [-0.15, -0.1) is 0 Å². The van der Waals surface area contributed by atoms with Gasteiger partial charge in [-0.05, 0) is 24.6 Å². The monoisotopic (exact) mass is 322 g/mol. The fourth-order valence-electron chi connectivity index (χ4n) is 2.63. The Balaban J connectivity index is 1.90. The smallest absolute Gasteiger partial charge is 0.306 e. The number of aliphatic imine (C=N–C) groups is 2. The first kappa shape index (κ1) is 15.9. The third-order valence-corrected chi connectivity index (χ3v) is 3.70. The zero-order valence-electron chi connectivity index (χ0n) is 13.3. The summed E-state index contributed by atoms with van der Waals surface area (Å²) in [6.07, 6.45) is 8.11. The molecule has 1 heterocycles. The molecule has 0 saturated heterocycles. The van der Waals surface area contributed by atoms with E-state index in [2.05, 4.69) is 15.3 Å². The van der Waals surface area contributed by atoms with Crippen molar-refractivity contribution in [1.82, 2.24) is 4.90 Å². The van der Waals surface area contributed by atoms with Crippen LogP contribution in [0.4, 0.5) is 15.3 Å². The van der Waals surface area contributed by atoms with Crippen molar-refractivity contribution in [2.24, 2.45) is 15.9 Å². The van der Waals surface area contributed by atoms with Crippen LogP contribution in [0, 0.1) is 5.92 Å². The minimum absolute atomic E-state index is 0.277. The lowest BCUT2D eigenvalue weighted by atomic mass is 9.94. The van der Waals surface area contributed by atoms with Crippen LogP contribution >= 0.6 is 0 Å². The largest absolute Gasteiger partial charge is 0.349 e. The van der Waals surface area contributed by atoms with Crippen molar-refractivity contribution < 1.29 is 9.59 Å². The molecule has 4 amide bonds. The maximum absolute atomic E-state index is 12.3. The quantitative estimate of drug-likeness (QED) is 0.922. The van der Waals surface area contributed by atoms with Crippen LogP contribution in [0.25, 0.3) is 0 Å². The number of hydrogen-bond donors (Lipinski definition) is 1. The summed E-state index contributed by atoms with van der Waals surface area (Å²) in [5.41, 5.74) is 1.27. The molecule has 1 aliphatic heterocycles. The van der Waals surface area contributed by atoms with Crippen LogP contribution in [-0.2, 0) is 0 Å². The molecule has 24 heavy (non-hydrogen) atoms. The summed E-state index contributed by atoms with van der Waals surface area (Å²) in [6.45, 7) is 2.44. The number of nitrogens with zero attached hydrogens (tertiary/aromatic N) is 3. The average molecular weight is 322 g/mol. The third-order valence-electron chi connectivity index (χ3n) is 3.70. The van der Waals surface area contributed by atoms with Gasteiger partial charge >= 0.3 is 12.1 Å². The molecule has 1 atom stereocenters. The molecule has 0 spiro atoms. The number of urea groups is 2. The summed E-state index contributed by atoms with van der Waals surface area (Å²) < 4.78 is 0. The number of amidine groups is 1. The molecule has 1 aliphatic carbocycles. The van der Waals surface area contributed by atoms with Crippen LogP contribution in [0.1, 0.15) is 13.3 Å². The molecule has 6 heteroatoms. The zero-order valence-corrected chi connectivity index (χ0v) is 13.3. The molecule has 1 aromatic rings. The fourth-order valence-corrected chi connectivity index (χ4v) is 2.63. The number of carbonyl (C=O) groups is 2. The van der Waals surface area contributed by atoms with Crippen molar-refractivity contribution in [3.05, 3.63) is 54.6 Å². The number of hydrogen-bond acceptors (Lipinski definition) is 2. The Morgan fingerprint density at radius 3 is 2.83 bits per heavy atom. The highest BCUT2D eigenvalue weighted by Gasteiger charge is 2.33. The minimum Gasteiger partial charge on any atom is -0.306 e. The number of fused-ring (bicyclic) bond motifs is 1. The van der Waals surface area contributed by atoms with E-state index in [9.17, 15) is 9.59 Å². The molecule has 6 nitrogen and oxygen atoms in total. The van der Waals surface area contributed by atoms with Crippen LogP contribution in [0.15, 0.2) is 64.6 Å². The van der Waals surface area contributed by atoms with E-state index in [-0.39, 0.29) is 11.9 Å².